The Morgan fingerprint density at radius 1 is 1.36 bits per heavy atom. The van der Waals surface area contributed by atoms with Crippen molar-refractivity contribution in [2.45, 2.75) is 0 Å². The van der Waals surface area contributed by atoms with Crippen LogP contribution in [0, 0.1) is 11.6 Å². The fourth-order valence-corrected chi connectivity index (χ4v) is 0.993. The molecule has 0 saturated heterocycles. The predicted molar refractivity (Wildman–Crippen MR) is 43.2 cm³/mol. The predicted octanol–water partition coefficient (Wildman–Crippen LogP) is 2.13. The molecule has 0 atom stereocenters. The molecule has 1 aromatic rings. The highest BCUT2D eigenvalue weighted by Gasteiger charge is 2.15. The number of carbonyl (C=O) groups is 1. The van der Waals surface area contributed by atoms with Crippen LogP contribution in [0.3, 0.4) is 0 Å². The summed E-state index contributed by atoms with van der Waals surface area (Å²) in [5.41, 5.74) is -0.344. The summed E-state index contributed by atoms with van der Waals surface area (Å²) in [6.07, 6.45) is 0. The number of methoxy groups -OCH3 is 1. The first-order valence-electron chi connectivity index (χ1n) is 3.72. The van der Waals surface area contributed by atoms with E-state index in [1.165, 1.54) is 0 Å². The third-order valence-electron chi connectivity index (χ3n) is 1.65. The Hall–Kier alpha value is -1.52. The van der Waals surface area contributed by atoms with Crippen LogP contribution in [0.15, 0.2) is 12.1 Å². The van der Waals surface area contributed by atoms with Crippen LogP contribution < -0.4 is 4.74 Å². The topological polar surface area (TPSA) is 26.3 Å². The second-order valence-electron chi connectivity index (χ2n) is 2.53. The first-order valence-corrected chi connectivity index (χ1v) is 3.72. The summed E-state index contributed by atoms with van der Waals surface area (Å²) in [6.45, 7) is -1.29. The lowest BCUT2D eigenvalue weighted by Crippen LogP contribution is -2.04. The molecule has 0 saturated carbocycles. The zero-order valence-corrected chi connectivity index (χ0v) is 7.31. The van der Waals surface area contributed by atoms with Gasteiger partial charge in [-0.05, 0) is 12.1 Å². The van der Waals surface area contributed by atoms with E-state index < -0.39 is 29.8 Å². The SMILES string of the molecule is COc1c(F)cc(C(=O)CF)cc1F. The number of hydrogen-bond acceptors (Lipinski definition) is 2. The van der Waals surface area contributed by atoms with Crippen molar-refractivity contribution in [1.29, 1.82) is 0 Å². The highest BCUT2D eigenvalue weighted by Crippen LogP contribution is 2.22. The minimum Gasteiger partial charge on any atom is -0.491 e. The average Bonchev–Trinajstić information content (AvgIpc) is 2.16. The van der Waals surface area contributed by atoms with E-state index >= 15 is 0 Å². The molecule has 0 fully saturated rings. The quantitative estimate of drug-likeness (QED) is 0.705. The third kappa shape index (κ3) is 1.86. The number of ketones is 1. The Balaban J connectivity index is 3.20. The van der Waals surface area contributed by atoms with Gasteiger partial charge in [0.25, 0.3) is 0 Å². The van der Waals surface area contributed by atoms with Crippen LogP contribution >= 0.6 is 0 Å². The second kappa shape index (κ2) is 4.13. The summed E-state index contributed by atoms with van der Waals surface area (Å²) in [5, 5.41) is 0. The fraction of sp³-hybridized carbons (Fsp3) is 0.222. The Labute approximate surface area is 78.3 Å². The number of ether oxygens (including phenoxy) is 1. The van der Waals surface area contributed by atoms with E-state index in [4.69, 9.17) is 0 Å². The molecule has 0 heterocycles. The van der Waals surface area contributed by atoms with Gasteiger partial charge in [0, 0.05) is 5.56 Å². The summed E-state index contributed by atoms with van der Waals surface area (Å²) in [5.74, 6) is -3.60. The van der Waals surface area contributed by atoms with Crippen LogP contribution in [-0.4, -0.2) is 19.6 Å². The summed E-state index contributed by atoms with van der Waals surface area (Å²) >= 11 is 0. The van der Waals surface area contributed by atoms with Gasteiger partial charge in [-0.1, -0.05) is 0 Å². The monoisotopic (exact) mass is 204 g/mol. The van der Waals surface area contributed by atoms with E-state index in [9.17, 15) is 18.0 Å². The van der Waals surface area contributed by atoms with Gasteiger partial charge in [0.15, 0.2) is 29.8 Å². The molecule has 14 heavy (non-hydrogen) atoms. The van der Waals surface area contributed by atoms with Gasteiger partial charge < -0.3 is 4.74 Å². The minimum absolute atomic E-state index is 0.344. The fourth-order valence-electron chi connectivity index (χ4n) is 0.993. The number of Topliss-reactive ketones (excluding diaryl/α,β-unsaturated/α-hetero) is 1. The van der Waals surface area contributed by atoms with Gasteiger partial charge >= 0.3 is 0 Å². The van der Waals surface area contributed by atoms with E-state index in [1.54, 1.807) is 0 Å². The molecule has 0 amide bonds. The second-order valence-corrected chi connectivity index (χ2v) is 2.53. The zero-order valence-electron chi connectivity index (χ0n) is 7.31. The molecule has 0 bridgehead atoms. The molecule has 0 aliphatic rings. The zero-order chi connectivity index (χ0) is 10.7. The highest BCUT2D eigenvalue weighted by atomic mass is 19.1. The largest absolute Gasteiger partial charge is 0.491 e. The number of halogens is 3. The van der Waals surface area contributed by atoms with Crippen molar-refractivity contribution in [2.24, 2.45) is 0 Å². The van der Waals surface area contributed by atoms with Gasteiger partial charge in [0.1, 0.15) is 0 Å². The van der Waals surface area contributed by atoms with Crippen molar-refractivity contribution in [3.8, 4) is 5.75 Å². The number of alkyl halides is 1. The van der Waals surface area contributed by atoms with Gasteiger partial charge in [0.05, 0.1) is 7.11 Å². The molecule has 0 aliphatic heterocycles. The summed E-state index contributed by atoms with van der Waals surface area (Å²) in [7, 11) is 1.10. The van der Waals surface area contributed by atoms with Gasteiger partial charge in [-0.15, -0.1) is 0 Å². The summed E-state index contributed by atoms with van der Waals surface area (Å²) in [6, 6.07) is 1.48. The maximum atomic E-state index is 13.0. The molecule has 0 unspecified atom stereocenters. The average molecular weight is 204 g/mol. The Morgan fingerprint density at radius 3 is 2.21 bits per heavy atom. The van der Waals surface area contributed by atoms with Crippen molar-refractivity contribution in [3.63, 3.8) is 0 Å². The molecular weight excluding hydrogens is 197 g/mol. The first kappa shape index (κ1) is 10.6. The molecule has 2 nitrogen and oxygen atoms in total. The standard InChI is InChI=1S/C9H7F3O2/c1-14-9-6(11)2-5(3-7(9)12)8(13)4-10/h2-3H,4H2,1H3. The lowest BCUT2D eigenvalue weighted by Gasteiger charge is -2.04. The van der Waals surface area contributed by atoms with E-state index in [2.05, 4.69) is 4.74 Å². The molecular formula is C9H7F3O2. The normalized spacial score (nSPS) is 10.0. The van der Waals surface area contributed by atoms with Crippen molar-refractivity contribution in [3.05, 3.63) is 29.3 Å². The lowest BCUT2D eigenvalue weighted by molar-refractivity contribution is 0.0957. The van der Waals surface area contributed by atoms with Crippen LogP contribution in [0.1, 0.15) is 10.4 Å². The minimum atomic E-state index is -1.29. The molecule has 1 rings (SSSR count). The molecule has 0 spiro atoms. The van der Waals surface area contributed by atoms with Crippen LogP contribution in [0.4, 0.5) is 13.2 Å². The van der Waals surface area contributed by atoms with E-state index in [1.807, 2.05) is 0 Å². The van der Waals surface area contributed by atoms with Gasteiger partial charge in [-0.25, -0.2) is 13.2 Å². The number of rotatable bonds is 3. The Kier molecular flexibility index (Phi) is 3.11. The molecule has 0 N–H and O–H groups in total. The molecule has 1 aromatic carbocycles. The van der Waals surface area contributed by atoms with Gasteiger partial charge in [-0.3, -0.25) is 4.79 Å². The summed E-state index contributed by atoms with van der Waals surface area (Å²) < 4.78 is 42.2. The maximum absolute atomic E-state index is 13.0. The Morgan fingerprint density at radius 2 is 1.86 bits per heavy atom. The summed E-state index contributed by atoms with van der Waals surface area (Å²) in [4.78, 5) is 10.8. The highest BCUT2D eigenvalue weighted by molar-refractivity contribution is 5.97. The van der Waals surface area contributed by atoms with E-state index in [0.29, 0.717) is 0 Å². The molecule has 0 radical (unpaired) electrons. The molecule has 76 valence electrons. The van der Waals surface area contributed by atoms with E-state index in [0.717, 1.165) is 19.2 Å². The van der Waals surface area contributed by atoms with Crippen LogP contribution in [0.5, 0.6) is 5.75 Å². The first-order chi connectivity index (χ1) is 6.60. The number of carbonyl (C=O) groups excluding carboxylic acids is 1. The van der Waals surface area contributed by atoms with Gasteiger partial charge in [0.2, 0.25) is 0 Å². The molecule has 5 heteroatoms. The number of hydrogen-bond donors (Lipinski definition) is 0. The van der Waals surface area contributed by atoms with Crippen molar-refractivity contribution >= 4 is 5.78 Å². The third-order valence-corrected chi connectivity index (χ3v) is 1.65. The smallest absolute Gasteiger partial charge is 0.194 e. The van der Waals surface area contributed by atoms with Crippen LogP contribution in [0.25, 0.3) is 0 Å². The van der Waals surface area contributed by atoms with Crippen molar-refractivity contribution in [2.75, 3.05) is 13.8 Å². The van der Waals surface area contributed by atoms with E-state index in [-0.39, 0.29) is 5.56 Å². The molecule has 0 aromatic heterocycles. The Bertz CT molecular complexity index is 340. The van der Waals surface area contributed by atoms with Crippen LogP contribution in [0.2, 0.25) is 0 Å². The van der Waals surface area contributed by atoms with Gasteiger partial charge in [-0.2, -0.15) is 0 Å². The van der Waals surface area contributed by atoms with Crippen LogP contribution in [-0.2, 0) is 0 Å². The number of benzene rings is 1. The van der Waals surface area contributed by atoms with Crippen molar-refractivity contribution in [1.82, 2.24) is 0 Å². The lowest BCUT2D eigenvalue weighted by atomic mass is 10.1. The van der Waals surface area contributed by atoms with Crippen molar-refractivity contribution < 1.29 is 22.7 Å². The molecule has 0 aliphatic carbocycles. The maximum Gasteiger partial charge on any atom is 0.194 e.